The van der Waals surface area contributed by atoms with E-state index in [9.17, 15) is 18.0 Å². The summed E-state index contributed by atoms with van der Waals surface area (Å²) in [5.74, 6) is -1.01. The molecule has 0 aromatic heterocycles. The number of ether oxygens (including phenoxy) is 2. The van der Waals surface area contributed by atoms with Crippen molar-refractivity contribution in [2.45, 2.75) is 25.2 Å². The van der Waals surface area contributed by atoms with Crippen LogP contribution in [0.15, 0.2) is 54.0 Å². The molecule has 0 aliphatic carbocycles. The van der Waals surface area contributed by atoms with Crippen LogP contribution in [0.1, 0.15) is 18.9 Å². The minimum atomic E-state index is -3.81. The third-order valence-corrected chi connectivity index (χ3v) is 4.25. The van der Waals surface area contributed by atoms with Crippen molar-refractivity contribution in [1.29, 1.82) is 0 Å². The van der Waals surface area contributed by atoms with Crippen LogP contribution in [-0.4, -0.2) is 51.9 Å². The average molecular weight is 414 g/mol. The Morgan fingerprint density at radius 3 is 2.21 bits per heavy atom. The van der Waals surface area contributed by atoms with Crippen LogP contribution in [-0.2, 0) is 33.4 Å². The number of aryl methyl sites for hydroxylation is 1. The highest BCUT2D eigenvalue weighted by Gasteiger charge is 2.15. The van der Waals surface area contributed by atoms with Gasteiger partial charge in [-0.25, -0.2) is 9.59 Å². The van der Waals surface area contributed by atoms with Gasteiger partial charge < -0.3 is 14.6 Å². The summed E-state index contributed by atoms with van der Waals surface area (Å²) in [6.45, 7) is 9.91. The number of benzene rings is 1. The van der Waals surface area contributed by atoms with Gasteiger partial charge in [-0.1, -0.05) is 30.9 Å². The summed E-state index contributed by atoms with van der Waals surface area (Å²) < 4.78 is 37.5. The van der Waals surface area contributed by atoms with Crippen molar-refractivity contribution in [2.75, 3.05) is 26.4 Å². The molecule has 156 valence electrons. The van der Waals surface area contributed by atoms with Gasteiger partial charge in [0.1, 0.15) is 13.2 Å². The van der Waals surface area contributed by atoms with Gasteiger partial charge in [-0.15, -0.1) is 0 Å². The Morgan fingerprint density at radius 2 is 1.71 bits per heavy atom. The molecule has 0 unspecified atom stereocenters. The van der Waals surface area contributed by atoms with Crippen LogP contribution in [0.25, 0.3) is 0 Å². The van der Waals surface area contributed by atoms with Crippen molar-refractivity contribution < 1.29 is 36.8 Å². The third kappa shape index (κ3) is 11.3. The Morgan fingerprint density at radius 1 is 1.11 bits per heavy atom. The van der Waals surface area contributed by atoms with Gasteiger partial charge in [-0.05, 0) is 26.0 Å². The molecule has 0 aliphatic rings. The maximum atomic E-state index is 11.7. The number of hydrogen-bond acceptors (Lipinski definition) is 8. The molecule has 0 heterocycles. The van der Waals surface area contributed by atoms with Gasteiger partial charge in [0, 0.05) is 24.7 Å². The fourth-order valence-electron chi connectivity index (χ4n) is 1.47. The number of esters is 2. The van der Waals surface area contributed by atoms with E-state index in [4.69, 9.17) is 14.0 Å². The highest BCUT2D eigenvalue weighted by atomic mass is 32.2. The molecule has 1 aromatic rings. The van der Waals surface area contributed by atoms with Crippen molar-refractivity contribution >= 4 is 22.1 Å². The molecule has 9 heteroatoms. The molecule has 0 radical (unpaired) electrons. The molecule has 0 bridgehead atoms. The van der Waals surface area contributed by atoms with Gasteiger partial charge >= 0.3 is 11.9 Å². The largest absolute Gasteiger partial charge is 0.462 e. The van der Waals surface area contributed by atoms with Crippen LogP contribution in [0, 0.1) is 6.92 Å². The van der Waals surface area contributed by atoms with E-state index in [0.29, 0.717) is 6.42 Å². The summed E-state index contributed by atoms with van der Waals surface area (Å²) in [5, 5.41) is 8.23. The fraction of sp³-hybridized carbons (Fsp3) is 0.368. The summed E-state index contributed by atoms with van der Waals surface area (Å²) in [6.07, 6.45) is 1.58. The molecule has 0 fully saturated rings. The van der Waals surface area contributed by atoms with Gasteiger partial charge in [0.15, 0.2) is 0 Å². The minimum Gasteiger partial charge on any atom is -0.462 e. The van der Waals surface area contributed by atoms with E-state index < -0.39 is 22.1 Å². The number of aliphatic hydroxyl groups is 1. The van der Waals surface area contributed by atoms with Crippen LogP contribution in [0.5, 0.6) is 0 Å². The Bertz CT molecular complexity index is 751. The average Bonchev–Trinajstić information content (AvgIpc) is 2.65. The summed E-state index contributed by atoms with van der Waals surface area (Å²) in [7, 11) is -3.81. The fourth-order valence-corrected chi connectivity index (χ4v) is 2.36. The lowest BCUT2D eigenvalue weighted by Crippen LogP contribution is -2.14. The molecule has 0 saturated heterocycles. The minimum absolute atomic E-state index is 0.0461. The van der Waals surface area contributed by atoms with E-state index in [1.165, 1.54) is 19.1 Å². The standard InChI is InChI=1S/C13H16O5S.C6H10O3/c1-10(2)13(14)17-8-9-18-19(15,16)12-6-4-11(3)5-7-12;1-2-6(8)9-5-3-4-7/h4-7H,1,8-9H2,2-3H3;2,7H,1,3-5H2. The molecule has 0 spiro atoms. The van der Waals surface area contributed by atoms with Gasteiger partial charge in [0.2, 0.25) is 0 Å². The lowest BCUT2D eigenvalue weighted by molar-refractivity contribution is -0.140. The molecule has 1 rings (SSSR count). The SMILES string of the molecule is C=C(C)C(=O)OCCOS(=O)(=O)c1ccc(C)cc1.C=CC(=O)OCCCO. The highest BCUT2D eigenvalue weighted by Crippen LogP contribution is 2.12. The monoisotopic (exact) mass is 414 g/mol. The molecule has 0 saturated carbocycles. The van der Waals surface area contributed by atoms with Crippen molar-refractivity contribution in [2.24, 2.45) is 0 Å². The Kier molecular flexibility index (Phi) is 12.4. The van der Waals surface area contributed by atoms with E-state index in [1.54, 1.807) is 12.1 Å². The molecular formula is C19H26O8S. The smallest absolute Gasteiger partial charge is 0.333 e. The summed E-state index contributed by atoms with van der Waals surface area (Å²) in [4.78, 5) is 21.4. The first-order chi connectivity index (χ1) is 13.1. The van der Waals surface area contributed by atoms with E-state index in [1.807, 2.05) is 6.92 Å². The first kappa shape index (κ1) is 25.5. The Hall–Kier alpha value is -2.49. The van der Waals surface area contributed by atoms with E-state index in [0.717, 1.165) is 11.6 Å². The maximum absolute atomic E-state index is 11.7. The van der Waals surface area contributed by atoms with Gasteiger partial charge in [0.25, 0.3) is 10.1 Å². The second-order valence-electron chi connectivity index (χ2n) is 5.45. The Balaban J connectivity index is 0.000000684. The molecule has 1 N–H and O–H groups in total. The zero-order chi connectivity index (χ0) is 21.6. The lowest BCUT2D eigenvalue weighted by Gasteiger charge is -2.07. The number of aliphatic hydroxyl groups excluding tert-OH is 1. The quantitative estimate of drug-likeness (QED) is 0.267. The van der Waals surface area contributed by atoms with Gasteiger partial charge in [-0.2, -0.15) is 8.42 Å². The Labute approximate surface area is 165 Å². The first-order valence-electron chi connectivity index (χ1n) is 8.32. The highest BCUT2D eigenvalue weighted by molar-refractivity contribution is 7.86. The van der Waals surface area contributed by atoms with Crippen LogP contribution in [0.2, 0.25) is 0 Å². The molecule has 1 aromatic carbocycles. The van der Waals surface area contributed by atoms with Crippen molar-refractivity contribution in [1.82, 2.24) is 0 Å². The third-order valence-electron chi connectivity index (χ3n) is 2.93. The predicted molar refractivity (Wildman–Crippen MR) is 103 cm³/mol. The lowest BCUT2D eigenvalue weighted by atomic mass is 10.2. The van der Waals surface area contributed by atoms with Crippen LogP contribution in [0.4, 0.5) is 0 Å². The molecule has 28 heavy (non-hydrogen) atoms. The molecule has 0 amide bonds. The summed E-state index contributed by atoms with van der Waals surface area (Å²) in [6, 6.07) is 6.28. The molecule has 0 aliphatic heterocycles. The number of hydrogen-bond donors (Lipinski definition) is 1. The predicted octanol–water partition coefficient (Wildman–Crippen LogP) is 1.92. The summed E-state index contributed by atoms with van der Waals surface area (Å²) in [5.41, 5.74) is 1.20. The zero-order valence-corrected chi connectivity index (χ0v) is 16.9. The van der Waals surface area contributed by atoms with Gasteiger partial charge in [0.05, 0.1) is 11.5 Å². The second kappa shape index (κ2) is 13.6. The van der Waals surface area contributed by atoms with Crippen LogP contribution < -0.4 is 0 Å². The summed E-state index contributed by atoms with van der Waals surface area (Å²) >= 11 is 0. The molecule has 8 nitrogen and oxygen atoms in total. The topological polar surface area (TPSA) is 116 Å². The van der Waals surface area contributed by atoms with E-state index >= 15 is 0 Å². The van der Waals surface area contributed by atoms with E-state index in [-0.39, 0.29) is 36.9 Å². The number of carbonyl (C=O) groups excluding carboxylic acids is 2. The number of carbonyl (C=O) groups is 2. The van der Waals surface area contributed by atoms with Crippen LogP contribution in [0.3, 0.4) is 0 Å². The molecule has 0 atom stereocenters. The second-order valence-corrected chi connectivity index (χ2v) is 7.07. The molecular weight excluding hydrogens is 388 g/mol. The zero-order valence-electron chi connectivity index (χ0n) is 16.0. The van der Waals surface area contributed by atoms with E-state index in [2.05, 4.69) is 17.9 Å². The normalized spacial score (nSPS) is 10.2. The number of rotatable bonds is 10. The maximum Gasteiger partial charge on any atom is 0.333 e. The van der Waals surface area contributed by atoms with Gasteiger partial charge in [-0.3, -0.25) is 4.18 Å². The van der Waals surface area contributed by atoms with Crippen molar-refractivity contribution in [3.05, 3.63) is 54.6 Å². The van der Waals surface area contributed by atoms with Crippen LogP contribution >= 0.6 is 0 Å². The first-order valence-corrected chi connectivity index (χ1v) is 9.73. The van der Waals surface area contributed by atoms with Crippen molar-refractivity contribution in [3.8, 4) is 0 Å². The van der Waals surface area contributed by atoms with Crippen molar-refractivity contribution in [3.63, 3.8) is 0 Å².